The van der Waals surface area contributed by atoms with E-state index in [-0.39, 0.29) is 22.7 Å². The minimum absolute atomic E-state index is 0.121. The molecule has 1 aliphatic heterocycles. The number of unbranched alkanes of at least 4 members (excludes halogenated alkanes) is 2. The summed E-state index contributed by atoms with van der Waals surface area (Å²) in [6, 6.07) is 11.7. The van der Waals surface area contributed by atoms with Crippen LogP contribution in [0.4, 0.5) is 5.69 Å². The normalized spacial score (nSPS) is 13.2. The van der Waals surface area contributed by atoms with Crippen molar-refractivity contribution >= 4 is 29.1 Å². The second-order valence-corrected chi connectivity index (χ2v) is 7.99. The number of imide groups is 1. The van der Waals surface area contributed by atoms with Gasteiger partial charge >= 0.3 is 0 Å². The molecular formula is C23H26ClN3O4. The van der Waals surface area contributed by atoms with Gasteiger partial charge in [-0.1, -0.05) is 43.1 Å². The van der Waals surface area contributed by atoms with Crippen LogP contribution < -0.4 is 0 Å². The first-order valence-electron chi connectivity index (χ1n) is 10.5. The second kappa shape index (κ2) is 10.5. The van der Waals surface area contributed by atoms with E-state index in [9.17, 15) is 19.7 Å². The molecule has 0 spiro atoms. The summed E-state index contributed by atoms with van der Waals surface area (Å²) in [5, 5.41) is 11.7. The van der Waals surface area contributed by atoms with Crippen molar-refractivity contribution in [2.45, 2.75) is 32.6 Å². The van der Waals surface area contributed by atoms with Gasteiger partial charge in [0.15, 0.2) is 0 Å². The van der Waals surface area contributed by atoms with E-state index in [1.165, 1.54) is 23.1 Å². The summed E-state index contributed by atoms with van der Waals surface area (Å²) in [5.74, 6) is -0.816. The van der Waals surface area contributed by atoms with Crippen LogP contribution in [0.15, 0.2) is 42.5 Å². The Bertz CT molecular complexity index is 979. The predicted octanol–water partition coefficient (Wildman–Crippen LogP) is 4.58. The standard InChI is InChI=1S/C23H26ClN3O4/c1-2-25(15-12-17-8-4-5-9-21(17)24)13-6-3-7-14-26-22(28)19-11-10-18(27(30)31)16-20(19)23(26)29/h4-5,8-11,16H,2-3,6-7,12-15H2,1H3. The summed E-state index contributed by atoms with van der Waals surface area (Å²) in [6.45, 7) is 5.27. The lowest BCUT2D eigenvalue weighted by atomic mass is 10.1. The average molecular weight is 444 g/mol. The Morgan fingerprint density at radius 3 is 2.45 bits per heavy atom. The van der Waals surface area contributed by atoms with Crippen LogP contribution in [0.3, 0.4) is 0 Å². The minimum atomic E-state index is -0.564. The molecule has 164 valence electrons. The molecule has 1 heterocycles. The van der Waals surface area contributed by atoms with Crippen molar-refractivity contribution in [2.75, 3.05) is 26.2 Å². The number of nitro groups is 1. The van der Waals surface area contributed by atoms with E-state index in [0.717, 1.165) is 49.5 Å². The van der Waals surface area contributed by atoms with Crippen LogP contribution in [0, 0.1) is 10.1 Å². The van der Waals surface area contributed by atoms with Crippen LogP contribution in [0.25, 0.3) is 0 Å². The molecule has 0 atom stereocenters. The van der Waals surface area contributed by atoms with E-state index >= 15 is 0 Å². The van der Waals surface area contributed by atoms with Crippen molar-refractivity contribution in [3.63, 3.8) is 0 Å². The van der Waals surface area contributed by atoms with E-state index in [1.54, 1.807) is 0 Å². The van der Waals surface area contributed by atoms with Crippen molar-refractivity contribution < 1.29 is 14.5 Å². The molecule has 31 heavy (non-hydrogen) atoms. The predicted molar refractivity (Wildman–Crippen MR) is 120 cm³/mol. The Morgan fingerprint density at radius 1 is 1.00 bits per heavy atom. The lowest BCUT2D eigenvalue weighted by Gasteiger charge is -2.21. The van der Waals surface area contributed by atoms with Gasteiger partial charge in [-0.05, 0) is 50.0 Å². The maximum atomic E-state index is 12.5. The quantitative estimate of drug-likeness (QED) is 0.220. The molecular weight excluding hydrogens is 418 g/mol. The monoisotopic (exact) mass is 443 g/mol. The number of carbonyl (C=O) groups excluding carboxylic acids is 2. The molecule has 2 aromatic carbocycles. The van der Waals surface area contributed by atoms with Gasteiger partial charge in [0.2, 0.25) is 0 Å². The maximum absolute atomic E-state index is 12.5. The third-order valence-electron chi connectivity index (χ3n) is 5.62. The fourth-order valence-electron chi connectivity index (χ4n) is 3.79. The molecule has 0 saturated heterocycles. The number of nitro benzene ring substituents is 1. The highest BCUT2D eigenvalue weighted by atomic mass is 35.5. The molecule has 0 bridgehead atoms. The van der Waals surface area contributed by atoms with E-state index in [2.05, 4.69) is 11.8 Å². The molecule has 1 aliphatic rings. The highest BCUT2D eigenvalue weighted by Crippen LogP contribution is 2.27. The molecule has 3 rings (SSSR count). The van der Waals surface area contributed by atoms with Crippen LogP contribution >= 0.6 is 11.6 Å². The van der Waals surface area contributed by atoms with Gasteiger partial charge in [0.1, 0.15) is 0 Å². The Hall–Kier alpha value is -2.77. The molecule has 2 aromatic rings. The Kier molecular flexibility index (Phi) is 7.76. The third kappa shape index (κ3) is 5.48. The van der Waals surface area contributed by atoms with Gasteiger partial charge in [0.25, 0.3) is 17.5 Å². The van der Waals surface area contributed by atoms with Crippen LogP contribution in [-0.2, 0) is 6.42 Å². The number of rotatable bonds is 11. The number of nitrogens with zero attached hydrogens (tertiary/aromatic N) is 3. The van der Waals surface area contributed by atoms with Crippen LogP contribution in [-0.4, -0.2) is 52.7 Å². The Morgan fingerprint density at radius 2 is 1.74 bits per heavy atom. The summed E-state index contributed by atoms with van der Waals surface area (Å²) < 4.78 is 0. The summed E-state index contributed by atoms with van der Waals surface area (Å²) in [6.07, 6.45) is 3.45. The van der Waals surface area contributed by atoms with Crippen LogP contribution in [0.1, 0.15) is 52.5 Å². The number of carbonyl (C=O) groups is 2. The number of hydrogen-bond acceptors (Lipinski definition) is 5. The van der Waals surface area contributed by atoms with Gasteiger partial charge in [0.05, 0.1) is 16.1 Å². The summed E-state index contributed by atoms with van der Waals surface area (Å²) in [4.78, 5) is 38.9. The molecule has 0 radical (unpaired) electrons. The number of halogens is 1. The van der Waals surface area contributed by atoms with Crippen molar-refractivity contribution in [2.24, 2.45) is 0 Å². The second-order valence-electron chi connectivity index (χ2n) is 7.59. The van der Waals surface area contributed by atoms with Gasteiger partial charge in [-0.25, -0.2) is 0 Å². The molecule has 7 nitrogen and oxygen atoms in total. The van der Waals surface area contributed by atoms with Gasteiger partial charge < -0.3 is 4.90 Å². The molecule has 0 fully saturated rings. The number of likely N-dealkylation sites (N-methyl/N-ethyl adjacent to an activating group) is 1. The molecule has 0 unspecified atom stereocenters. The first kappa shape index (κ1) is 22.9. The number of amides is 2. The molecule has 0 saturated carbocycles. The number of non-ortho nitro benzene ring substituents is 1. The Balaban J connectivity index is 1.43. The smallest absolute Gasteiger partial charge is 0.270 e. The topological polar surface area (TPSA) is 83.8 Å². The van der Waals surface area contributed by atoms with E-state index in [0.29, 0.717) is 13.0 Å². The number of hydrogen-bond donors (Lipinski definition) is 0. The van der Waals surface area contributed by atoms with Crippen LogP contribution in [0.2, 0.25) is 5.02 Å². The van der Waals surface area contributed by atoms with Gasteiger partial charge in [-0.2, -0.15) is 0 Å². The van der Waals surface area contributed by atoms with Crippen molar-refractivity contribution in [3.05, 3.63) is 74.3 Å². The van der Waals surface area contributed by atoms with Crippen molar-refractivity contribution in [1.82, 2.24) is 9.80 Å². The zero-order chi connectivity index (χ0) is 22.4. The summed E-state index contributed by atoms with van der Waals surface area (Å²) in [5.41, 5.74) is 1.33. The highest BCUT2D eigenvalue weighted by molar-refractivity contribution is 6.31. The Labute approximate surface area is 186 Å². The van der Waals surface area contributed by atoms with Crippen molar-refractivity contribution in [1.29, 1.82) is 0 Å². The fraction of sp³-hybridized carbons (Fsp3) is 0.391. The van der Waals surface area contributed by atoms with Crippen molar-refractivity contribution in [3.8, 4) is 0 Å². The van der Waals surface area contributed by atoms with E-state index in [1.807, 2.05) is 24.3 Å². The van der Waals surface area contributed by atoms with Gasteiger partial charge in [-0.3, -0.25) is 24.6 Å². The molecule has 2 amide bonds. The zero-order valence-corrected chi connectivity index (χ0v) is 18.3. The lowest BCUT2D eigenvalue weighted by Crippen LogP contribution is -2.31. The average Bonchev–Trinajstić information content (AvgIpc) is 3.00. The van der Waals surface area contributed by atoms with E-state index in [4.69, 9.17) is 11.6 Å². The minimum Gasteiger partial charge on any atom is -0.303 e. The van der Waals surface area contributed by atoms with Gasteiger partial charge in [-0.15, -0.1) is 0 Å². The zero-order valence-electron chi connectivity index (χ0n) is 17.6. The molecule has 0 N–H and O–H groups in total. The van der Waals surface area contributed by atoms with Gasteiger partial charge in [0, 0.05) is 30.2 Å². The molecule has 0 aliphatic carbocycles. The maximum Gasteiger partial charge on any atom is 0.270 e. The lowest BCUT2D eigenvalue weighted by molar-refractivity contribution is -0.384. The summed E-state index contributed by atoms with van der Waals surface area (Å²) >= 11 is 6.23. The number of benzene rings is 2. The SMILES string of the molecule is CCN(CCCCCN1C(=O)c2ccc([N+](=O)[O-])cc2C1=O)CCc1ccccc1Cl. The first-order chi connectivity index (χ1) is 14.9. The third-order valence-corrected chi connectivity index (χ3v) is 5.99. The summed E-state index contributed by atoms with van der Waals surface area (Å²) in [7, 11) is 0. The van der Waals surface area contributed by atoms with E-state index < -0.39 is 10.8 Å². The molecule has 8 heteroatoms. The largest absolute Gasteiger partial charge is 0.303 e. The molecule has 0 aromatic heterocycles. The fourth-order valence-corrected chi connectivity index (χ4v) is 4.02. The number of fused-ring (bicyclic) bond motifs is 1. The highest BCUT2D eigenvalue weighted by Gasteiger charge is 2.36. The first-order valence-corrected chi connectivity index (χ1v) is 10.9. The van der Waals surface area contributed by atoms with Crippen LogP contribution in [0.5, 0.6) is 0 Å².